The summed E-state index contributed by atoms with van der Waals surface area (Å²) in [5.41, 5.74) is 2.14. The molecular weight excluding hydrogens is 300 g/mol. The molecule has 1 aromatic heterocycles. The minimum Gasteiger partial charge on any atom is -0.497 e. The summed E-state index contributed by atoms with van der Waals surface area (Å²) in [7, 11) is 1.72. The van der Waals surface area contributed by atoms with Gasteiger partial charge in [0.05, 0.1) is 12.8 Å². The molecule has 2 saturated heterocycles. The largest absolute Gasteiger partial charge is 0.497 e. The number of rotatable bonds is 4. The average molecular weight is 327 g/mol. The number of nitrogens with one attached hydrogen (secondary N) is 1. The highest BCUT2D eigenvalue weighted by Crippen LogP contribution is 2.17. The smallest absolute Gasteiger partial charge is 0.122 e. The Hall–Kier alpha value is -0.880. The van der Waals surface area contributed by atoms with E-state index in [1.165, 1.54) is 26.1 Å². The molecule has 22 heavy (non-hydrogen) atoms. The number of halogens is 1. The van der Waals surface area contributed by atoms with Crippen molar-refractivity contribution in [2.24, 2.45) is 0 Å². The number of piperazine rings is 1. The van der Waals surface area contributed by atoms with Crippen molar-refractivity contribution in [2.75, 3.05) is 46.4 Å². The van der Waals surface area contributed by atoms with E-state index in [9.17, 15) is 0 Å². The molecule has 5 nitrogen and oxygen atoms in total. The van der Waals surface area contributed by atoms with Gasteiger partial charge in [0, 0.05) is 63.1 Å². The van der Waals surface area contributed by atoms with Crippen molar-refractivity contribution in [3.05, 3.63) is 23.5 Å². The summed E-state index contributed by atoms with van der Waals surface area (Å²) in [5, 5.41) is 3.46. The molecule has 1 aromatic rings. The second-order valence-electron chi connectivity index (χ2n) is 6.10. The van der Waals surface area contributed by atoms with E-state index in [1.807, 2.05) is 13.0 Å². The highest BCUT2D eigenvalue weighted by atomic mass is 35.5. The number of nitrogens with zero attached hydrogens (tertiary/aromatic N) is 3. The highest BCUT2D eigenvalue weighted by Gasteiger charge is 2.26. The minimum absolute atomic E-state index is 0. The summed E-state index contributed by atoms with van der Waals surface area (Å²) in [4.78, 5) is 9.77. The Morgan fingerprint density at radius 2 is 2.05 bits per heavy atom. The zero-order valence-electron chi connectivity index (χ0n) is 13.5. The van der Waals surface area contributed by atoms with Crippen LogP contribution < -0.4 is 10.1 Å². The fourth-order valence-electron chi connectivity index (χ4n) is 3.37. The van der Waals surface area contributed by atoms with E-state index in [2.05, 4.69) is 26.2 Å². The van der Waals surface area contributed by atoms with Crippen LogP contribution in [0.4, 0.5) is 0 Å². The summed E-state index contributed by atoms with van der Waals surface area (Å²) in [6.07, 6.45) is 1.30. The first-order valence-corrected chi connectivity index (χ1v) is 7.93. The maximum atomic E-state index is 5.34. The van der Waals surface area contributed by atoms with Gasteiger partial charge < -0.3 is 10.1 Å². The first-order chi connectivity index (χ1) is 10.2. The van der Waals surface area contributed by atoms with Gasteiger partial charge in [0.25, 0.3) is 0 Å². The average Bonchev–Trinajstić information content (AvgIpc) is 3.01. The summed E-state index contributed by atoms with van der Waals surface area (Å²) in [6, 6.07) is 4.79. The van der Waals surface area contributed by atoms with E-state index >= 15 is 0 Å². The van der Waals surface area contributed by atoms with Gasteiger partial charge >= 0.3 is 0 Å². The molecule has 2 aliphatic rings. The number of hydrogen-bond donors (Lipinski definition) is 1. The van der Waals surface area contributed by atoms with Gasteiger partial charge in [0.15, 0.2) is 0 Å². The lowest BCUT2D eigenvalue weighted by molar-refractivity contribution is 0.0973. The van der Waals surface area contributed by atoms with Crippen LogP contribution in [0.3, 0.4) is 0 Å². The highest BCUT2D eigenvalue weighted by molar-refractivity contribution is 5.85. The lowest BCUT2D eigenvalue weighted by Crippen LogP contribution is -2.50. The molecule has 6 heteroatoms. The van der Waals surface area contributed by atoms with Gasteiger partial charge in [-0.15, -0.1) is 12.4 Å². The van der Waals surface area contributed by atoms with E-state index in [1.54, 1.807) is 7.11 Å². The second-order valence-corrected chi connectivity index (χ2v) is 6.10. The van der Waals surface area contributed by atoms with E-state index < -0.39 is 0 Å². The first-order valence-electron chi connectivity index (χ1n) is 7.93. The molecule has 0 saturated carbocycles. The van der Waals surface area contributed by atoms with Crippen molar-refractivity contribution in [1.82, 2.24) is 20.1 Å². The Labute approximate surface area is 139 Å². The molecular formula is C16H27ClN4O. The van der Waals surface area contributed by atoms with E-state index in [4.69, 9.17) is 4.74 Å². The topological polar surface area (TPSA) is 40.6 Å². The summed E-state index contributed by atoms with van der Waals surface area (Å²) >= 11 is 0. The number of aromatic nitrogens is 1. The van der Waals surface area contributed by atoms with E-state index in [0.717, 1.165) is 49.4 Å². The van der Waals surface area contributed by atoms with Gasteiger partial charge in [0.1, 0.15) is 5.75 Å². The molecule has 0 spiro atoms. The van der Waals surface area contributed by atoms with Crippen LogP contribution >= 0.6 is 12.4 Å². The van der Waals surface area contributed by atoms with Gasteiger partial charge in [-0.1, -0.05) is 0 Å². The Kier molecular flexibility index (Phi) is 6.44. The number of hydrogen-bond acceptors (Lipinski definition) is 5. The van der Waals surface area contributed by atoms with Crippen LogP contribution in [0.1, 0.15) is 17.8 Å². The van der Waals surface area contributed by atoms with Crippen LogP contribution in [-0.2, 0) is 6.54 Å². The molecule has 2 aliphatic heterocycles. The van der Waals surface area contributed by atoms with Crippen LogP contribution in [0, 0.1) is 6.92 Å². The molecule has 0 amide bonds. The van der Waals surface area contributed by atoms with Crippen molar-refractivity contribution in [1.29, 1.82) is 0 Å². The van der Waals surface area contributed by atoms with Gasteiger partial charge in [-0.2, -0.15) is 0 Å². The Balaban J connectivity index is 0.00000176. The molecule has 0 aromatic carbocycles. The van der Waals surface area contributed by atoms with Crippen LogP contribution in [-0.4, -0.2) is 67.2 Å². The SMILES string of the molecule is COc1cc(C)nc(CN2CCN(C3CCNC3)CC2)c1.Cl. The van der Waals surface area contributed by atoms with Crippen molar-refractivity contribution >= 4 is 12.4 Å². The number of aryl methyl sites for hydroxylation is 1. The third-order valence-corrected chi connectivity index (χ3v) is 4.56. The molecule has 0 bridgehead atoms. The molecule has 3 rings (SSSR count). The van der Waals surface area contributed by atoms with Crippen LogP contribution in [0.15, 0.2) is 12.1 Å². The Bertz CT molecular complexity index is 471. The van der Waals surface area contributed by atoms with E-state index in [0.29, 0.717) is 0 Å². The lowest BCUT2D eigenvalue weighted by Gasteiger charge is -2.37. The fourth-order valence-corrected chi connectivity index (χ4v) is 3.37. The molecule has 3 heterocycles. The fraction of sp³-hybridized carbons (Fsp3) is 0.688. The third-order valence-electron chi connectivity index (χ3n) is 4.56. The summed E-state index contributed by atoms with van der Waals surface area (Å²) < 4.78 is 5.34. The summed E-state index contributed by atoms with van der Waals surface area (Å²) in [6.45, 7) is 9.91. The van der Waals surface area contributed by atoms with Gasteiger partial charge in [-0.05, 0) is 19.9 Å². The molecule has 2 fully saturated rings. The first kappa shape index (κ1) is 17.5. The van der Waals surface area contributed by atoms with Gasteiger partial charge in [0.2, 0.25) is 0 Å². The summed E-state index contributed by atoms with van der Waals surface area (Å²) in [5.74, 6) is 0.910. The number of ether oxygens (including phenoxy) is 1. The lowest BCUT2D eigenvalue weighted by atomic mass is 10.2. The Morgan fingerprint density at radius 1 is 1.27 bits per heavy atom. The zero-order chi connectivity index (χ0) is 14.7. The molecule has 0 radical (unpaired) electrons. The predicted octanol–water partition coefficient (Wildman–Crippen LogP) is 1.30. The Morgan fingerprint density at radius 3 is 2.68 bits per heavy atom. The second kappa shape index (κ2) is 8.11. The van der Waals surface area contributed by atoms with Crippen molar-refractivity contribution in [3.8, 4) is 5.75 Å². The molecule has 1 unspecified atom stereocenters. The number of pyridine rings is 1. The molecule has 0 aliphatic carbocycles. The quantitative estimate of drug-likeness (QED) is 0.903. The minimum atomic E-state index is 0. The third kappa shape index (κ3) is 4.32. The zero-order valence-corrected chi connectivity index (χ0v) is 14.4. The van der Waals surface area contributed by atoms with Crippen molar-refractivity contribution in [3.63, 3.8) is 0 Å². The van der Waals surface area contributed by atoms with Gasteiger partial charge in [-0.3, -0.25) is 14.8 Å². The normalized spacial score (nSPS) is 23.3. The van der Waals surface area contributed by atoms with Gasteiger partial charge in [-0.25, -0.2) is 0 Å². The molecule has 1 N–H and O–H groups in total. The van der Waals surface area contributed by atoms with Crippen molar-refractivity contribution in [2.45, 2.75) is 25.9 Å². The predicted molar refractivity (Wildman–Crippen MR) is 90.9 cm³/mol. The number of methoxy groups -OCH3 is 1. The maximum Gasteiger partial charge on any atom is 0.122 e. The molecule has 124 valence electrons. The monoisotopic (exact) mass is 326 g/mol. The van der Waals surface area contributed by atoms with Crippen LogP contribution in [0.25, 0.3) is 0 Å². The standard InChI is InChI=1S/C16H26N4O.ClH/c1-13-9-16(21-2)10-14(18-13)12-19-5-7-20(8-6-19)15-3-4-17-11-15;/h9-10,15,17H,3-8,11-12H2,1-2H3;1H. The van der Waals surface area contributed by atoms with E-state index in [-0.39, 0.29) is 12.4 Å². The molecule has 1 atom stereocenters. The maximum absolute atomic E-state index is 5.34. The van der Waals surface area contributed by atoms with Crippen LogP contribution in [0.5, 0.6) is 5.75 Å². The van der Waals surface area contributed by atoms with Crippen molar-refractivity contribution < 1.29 is 4.74 Å². The van der Waals surface area contributed by atoms with Crippen LogP contribution in [0.2, 0.25) is 0 Å².